The van der Waals surface area contributed by atoms with Gasteiger partial charge in [0.15, 0.2) is 0 Å². The van der Waals surface area contributed by atoms with Crippen LogP contribution >= 0.6 is 0 Å². The van der Waals surface area contributed by atoms with Gasteiger partial charge in [0.2, 0.25) is 5.91 Å². The van der Waals surface area contributed by atoms with E-state index in [0.717, 1.165) is 61.2 Å². The topological polar surface area (TPSA) is 108 Å². The molecule has 0 aromatic carbocycles. The summed E-state index contributed by atoms with van der Waals surface area (Å²) in [5.74, 6) is 1.77. The summed E-state index contributed by atoms with van der Waals surface area (Å²) in [4.78, 5) is 52.0. The Bertz CT molecular complexity index is 870. The van der Waals surface area contributed by atoms with E-state index in [-0.39, 0.29) is 29.2 Å². The van der Waals surface area contributed by atoms with Gasteiger partial charge in [0.05, 0.1) is 0 Å². The van der Waals surface area contributed by atoms with Gasteiger partial charge in [0.1, 0.15) is 12.1 Å². The van der Waals surface area contributed by atoms with Gasteiger partial charge in [0, 0.05) is 6.42 Å². The molecule has 0 atom stereocenters. The van der Waals surface area contributed by atoms with Crippen molar-refractivity contribution in [3.63, 3.8) is 0 Å². The summed E-state index contributed by atoms with van der Waals surface area (Å²) < 4.78 is 0. The molecule has 35 heavy (non-hydrogen) atoms. The van der Waals surface area contributed by atoms with Crippen LogP contribution in [-0.4, -0.2) is 40.7 Å². The normalized spacial score (nSPS) is 38.1. The van der Waals surface area contributed by atoms with Crippen molar-refractivity contribution in [3.8, 4) is 0 Å². The van der Waals surface area contributed by atoms with Gasteiger partial charge < -0.3 is 5.32 Å². The van der Waals surface area contributed by atoms with Crippen LogP contribution in [0, 0.1) is 34.5 Å². The molecule has 5 amide bonds. The maximum atomic E-state index is 13.2. The van der Waals surface area contributed by atoms with E-state index in [1.807, 2.05) is 0 Å². The zero-order valence-electron chi connectivity index (χ0n) is 21.6. The van der Waals surface area contributed by atoms with Gasteiger partial charge in [-0.15, -0.1) is 0 Å². The first-order valence-corrected chi connectivity index (χ1v) is 13.7. The number of hydrogen-bond acceptors (Lipinski definition) is 4. The maximum absolute atomic E-state index is 13.2. The molecule has 194 valence electrons. The van der Waals surface area contributed by atoms with Crippen molar-refractivity contribution in [2.45, 2.75) is 103 Å². The predicted octanol–water partition coefficient (Wildman–Crippen LogP) is 3.66. The van der Waals surface area contributed by atoms with Crippen molar-refractivity contribution in [2.75, 3.05) is 6.54 Å². The number of carbonyl (C=O) groups is 4. The summed E-state index contributed by atoms with van der Waals surface area (Å²) in [6.45, 7) is 6.33. The summed E-state index contributed by atoms with van der Waals surface area (Å²) in [5, 5.41) is 2.88. The number of hydrogen-bond donors (Lipinski definition) is 3. The van der Waals surface area contributed by atoms with Gasteiger partial charge in [-0.1, -0.05) is 27.2 Å². The van der Waals surface area contributed by atoms with Crippen LogP contribution in [0.5, 0.6) is 0 Å². The predicted molar refractivity (Wildman–Crippen MR) is 131 cm³/mol. The third kappa shape index (κ3) is 4.57. The fraction of sp³-hybridized carbons (Fsp3) is 0.852. The molecule has 0 aromatic heterocycles. The molecular weight excluding hydrogens is 444 g/mol. The SMILES string of the molecule is CCC(C)(C)C1CCC2(CC1)NC(=O)N(CC(=O)NNC(=O)CC13CC4CC(CC(C4)C1)C3)C2=O. The lowest BCUT2D eigenvalue weighted by molar-refractivity contribution is -0.138. The van der Waals surface area contributed by atoms with Crippen LogP contribution in [0.2, 0.25) is 0 Å². The second-order valence-corrected chi connectivity index (χ2v) is 13.2. The Morgan fingerprint density at radius 2 is 1.51 bits per heavy atom. The highest BCUT2D eigenvalue weighted by molar-refractivity contribution is 6.09. The van der Waals surface area contributed by atoms with Crippen molar-refractivity contribution in [1.82, 2.24) is 21.1 Å². The third-order valence-electron chi connectivity index (χ3n) is 10.4. The standard InChI is InChI=1S/C27H42N4O4/c1-4-25(2,3)20-5-7-27(8-6-20)23(34)31(24(35)28-27)16-22(33)30-29-21(32)15-26-12-17-9-18(13-26)11-19(10-17)14-26/h17-20H,4-16H2,1-3H3,(H,28,35)(H,29,32)(H,30,33). The molecule has 3 N–H and O–H groups in total. The molecule has 1 heterocycles. The van der Waals surface area contributed by atoms with E-state index in [4.69, 9.17) is 0 Å². The summed E-state index contributed by atoms with van der Waals surface area (Å²) in [6, 6.07) is -0.516. The Morgan fingerprint density at radius 1 is 0.971 bits per heavy atom. The van der Waals surface area contributed by atoms with Gasteiger partial charge in [-0.05, 0) is 98.7 Å². The average molecular weight is 487 g/mol. The number of amides is 5. The van der Waals surface area contributed by atoms with Crippen LogP contribution in [0.15, 0.2) is 0 Å². The van der Waals surface area contributed by atoms with Gasteiger partial charge in [0.25, 0.3) is 11.8 Å². The molecule has 0 radical (unpaired) electrons. The van der Waals surface area contributed by atoms with Crippen LogP contribution in [0.3, 0.4) is 0 Å². The first kappa shape index (κ1) is 24.6. The van der Waals surface area contributed by atoms with Gasteiger partial charge in [-0.25, -0.2) is 4.79 Å². The Morgan fingerprint density at radius 3 is 2.06 bits per heavy atom. The van der Waals surface area contributed by atoms with E-state index in [0.29, 0.717) is 25.2 Å². The quantitative estimate of drug-likeness (QED) is 0.393. The fourth-order valence-corrected chi connectivity index (χ4v) is 8.55. The van der Waals surface area contributed by atoms with E-state index in [2.05, 4.69) is 36.9 Å². The highest BCUT2D eigenvalue weighted by Crippen LogP contribution is 2.61. The summed E-state index contributed by atoms with van der Waals surface area (Å²) >= 11 is 0. The maximum Gasteiger partial charge on any atom is 0.325 e. The monoisotopic (exact) mass is 486 g/mol. The van der Waals surface area contributed by atoms with Gasteiger partial charge >= 0.3 is 6.03 Å². The lowest BCUT2D eigenvalue weighted by atomic mass is 9.49. The Balaban J connectivity index is 1.11. The second-order valence-electron chi connectivity index (χ2n) is 13.2. The van der Waals surface area contributed by atoms with E-state index in [9.17, 15) is 19.2 Å². The smallest absolute Gasteiger partial charge is 0.323 e. The first-order chi connectivity index (χ1) is 16.5. The van der Waals surface area contributed by atoms with E-state index in [1.165, 1.54) is 19.3 Å². The number of nitrogens with zero attached hydrogens (tertiary/aromatic N) is 1. The van der Waals surface area contributed by atoms with E-state index in [1.54, 1.807) is 0 Å². The van der Waals surface area contributed by atoms with Crippen LogP contribution in [0.4, 0.5) is 4.79 Å². The van der Waals surface area contributed by atoms with E-state index >= 15 is 0 Å². The second kappa shape index (κ2) is 8.77. The number of nitrogens with one attached hydrogen (secondary N) is 3. The zero-order chi connectivity index (χ0) is 25.0. The van der Waals surface area contributed by atoms with Crippen molar-refractivity contribution >= 4 is 23.8 Å². The van der Waals surface area contributed by atoms with Crippen LogP contribution in [0.25, 0.3) is 0 Å². The molecule has 8 nitrogen and oxygen atoms in total. The molecule has 4 bridgehead atoms. The molecule has 8 heteroatoms. The Hall–Kier alpha value is -2.12. The largest absolute Gasteiger partial charge is 0.325 e. The van der Waals surface area contributed by atoms with Crippen molar-refractivity contribution in [1.29, 1.82) is 0 Å². The number of urea groups is 1. The number of carbonyl (C=O) groups excluding carboxylic acids is 4. The van der Waals surface area contributed by atoms with E-state index < -0.39 is 17.5 Å². The minimum absolute atomic E-state index is 0.0892. The third-order valence-corrected chi connectivity index (χ3v) is 10.4. The molecule has 5 aliphatic carbocycles. The Labute approximate surface area is 208 Å². The van der Waals surface area contributed by atoms with Crippen LogP contribution < -0.4 is 16.2 Å². The summed E-state index contributed by atoms with van der Waals surface area (Å²) in [5.41, 5.74) is 4.41. The molecule has 6 rings (SSSR count). The highest BCUT2D eigenvalue weighted by Gasteiger charge is 2.54. The molecule has 1 spiro atoms. The number of imide groups is 1. The van der Waals surface area contributed by atoms with Crippen molar-refractivity contribution in [2.24, 2.45) is 34.5 Å². The number of hydrazine groups is 1. The lowest BCUT2D eigenvalue weighted by Gasteiger charge is -2.56. The molecule has 1 aliphatic heterocycles. The first-order valence-electron chi connectivity index (χ1n) is 13.7. The molecule has 6 aliphatic rings. The zero-order valence-corrected chi connectivity index (χ0v) is 21.6. The lowest BCUT2D eigenvalue weighted by Crippen LogP contribution is -2.52. The minimum Gasteiger partial charge on any atom is -0.323 e. The van der Waals surface area contributed by atoms with Crippen LogP contribution in [-0.2, 0) is 14.4 Å². The molecular formula is C27H42N4O4. The minimum atomic E-state index is -0.889. The van der Waals surface area contributed by atoms with Crippen molar-refractivity contribution < 1.29 is 19.2 Å². The number of rotatable bonds is 6. The summed E-state index contributed by atoms with van der Waals surface area (Å²) in [6.07, 6.45) is 11.8. The van der Waals surface area contributed by atoms with Gasteiger partial charge in [-0.3, -0.25) is 30.1 Å². The Kier molecular flexibility index (Phi) is 6.16. The van der Waals surface area contributed by atoms with Gasteiger partial charge in [-0.2, -0.15) is 0 Å². The van der Waals surface area contributed by atoms with Crippen molar-refractivity contribution in [3.05, 3.63) is 0 Å². The molecule has 6 fully saturated rings. The molecule has 0 aromatic rings. The average Bonchev–Trinajstić information content (AvgIpc) is 3.00. The molecule has 5 saturated carbocycles. The fourth-order valence-electron chi connectivity index (χ4n) is 8.55. The molecule has 1 saturated heterocycles. The summed E-state index contributed by atoms with van der Waals surface area (Å²) in [7, 11) is 0. The highest BCUT2D eigenvalue weighted by atomic mass is 16.2. The molecule has 0 unspecified atom stereocenters. The van der Waals surface area contributed by atoms with Crippen LogP contribution in [0.1, 0.15) is 97.8 Å².